The van der Waals surface area contributed by atoms with Crippen molar-refractivity contribution in [1.82, 2.24) is 15.1 Å². The van der Waals surface area contributed by atoms with Crippen molar-refractivity contribution in [2.75, 3.05) is 5.73 Å². The van der Waals surface area contributed by atoms with Crippen LogP contribution in [0.5, 0.6) is 0 Å². The highest BCUT2D eigenvalue weighted by atomic mass is 32.1. The summed E-state index contributed by atoms with van der Waals surface area (Å²) in [5.41, 5.74) is 6.36. The SMILES string of the molecule is CC(NC(=O)c1nn(C)cc1N)c1cccs1. The van der Waals surface area contributed by atoms with Gasteiger partial charge in [-0.05, 0) is 18.4 Å². The van der Waals surface area contributed by atoms with E-state index in [9.17, 15) is 4.79 Å². The second-order valence-corrected chi connectivity index (χ2v) is 4.80. The van der Waals surface area contributed by atoms with Crippen LogP contribution >= 0.6 is 11.3 Å². The fourth-order valence-electron chi connectivity index (χ4n) is 1.56. The number of carbonyl (C=O) groups excluding carboxylic acids is 1. The number of nitrogen functional groups attached to an aromatic ring is 1. The summed E-state index contributed by atoms with van der Waals surface area (Å²) in [5.74, 6) is -0.246. The van der Waals surface area contributed by atoms with E-state index in [0.717, 1.165) is 4.88 Å². The molecule has 5 nitrogen and oxygen atoms in total. The number of aryl methyl sites for hydroxylation is 1. The summed E-state index contributed by atoms with van der Waals surface area (Å²) in [6, 6.07) is 3.90. The molecule has 0 aliphatic heterocycles. The maximum absolute atomic E-state index is 11.9. The van der Waals surface area contributed by atoms with Crippen LogP contribution in [0.4, 0.5) is 5.69 Å². The van der Waals surface area contributed by atoms with Crippen molar-refractivity contribution in [3.05, 3.63) is 34.3 Å². The van der Waals surface area contributed by atoms with Crippen molar-refractivity contribution in [2.45, 2.75) is 13.0 Å². The van der Waals surface area contributed by atoms with Gasteiger partial charge in [0.25, 0.3) is 5.91 Å². The molecule has 0 saturated heterocycles. The lowest BCUT2D eigenvalue weighted by Crippen LogP contribution is -2.27. The summed E-state index contributed by atoms with van der Waals surface area (Å²) in [4.78, 5) is 13.0. The highest BCUT2D eigenvalue weighted by Crippen LogP contribution is 2.19. The van der Waals surface area contributed by atoms with Crippen molar-refractivity contribution in [3.63, 3.8) is 0 Å². The van der Waals surface area contributed by atoms with E-state index in [1.54, 1.807) is 24.6 Å². The van der Waals surface area contributed by atoms with Gasteiger partial charge in [-0.1, -0.05) is 6.07 Å². The van der Waals surface area contributed by atoms with Gasteiger partial charge in [-0.3, -0.25) is 9.48 Å². The summed E-state index contributed by atoms with van der Waals surface area (Å²) < 4.78 is 1.53. The molecule has 6 heteroatoms. The van der Waals surface area contributed by atoms with Gasteiger partial charge in [-0.25, -0.2) is 0 Å². The molecule has 17 heavy (non-hydrogen) atoms. The Kier molecular flexibility index (Phi) is 3.14. The number of nitrogens with one attached hydrogen (secondary N) is 1. The topological polar surface area (TPSA) is 72.9 Å². The molecule has 1 atom stereocenters. The number of nitrogens with zero attached hydrogens (tertiary/aromatic N) is 2. The second-order valence-electron chi connectivity index (χ2n) is 3.82. The molecule has 2 aromatic heterocycles. The van der Waals surface area contributed by atoms with Crippen LogP contribution in [0.2, 0.25) is 0 Å². The number of anilines is 1. The summed E-state index contributed by atoms with van der Waals surface area (Å²) in [7, 11) is 1.73. The normalized spacial score (nSPS) is 12.4. The molecule has 0 saturated carbocycles. The molecule has 90 valence electrons. The lowest BCUT2D eigenvalue weighted by atomic mass is 10.2. The molecule has 3 N–H and O–H groups in total. The van der Waals surface area contributed by atoms with E-state index in [1.165, 1.54) is 4.68 Å². The van der Waals surface area contributed by atoms with Crippen LogP contribution in [-0.4, -0.2) is 15.7 Å². The van der Waals surface area contributed by atoms with Crippen LogP contribution in [0, 0.1) is 0 Å². The Morgan fingerprint density at radius 3 is 2.94 bits per heavy atom. The summed E-state index contributed by atoms with van der Waals surface area (Å²) in [6.45, 7) is 1.93. The quantitative estimate of drug-likeness (QED) is 0.868. The van der Waals surface area contributed by atoms with Crippen molar-refractivity contribution >= 4 is 22.9 Å². The number of rotatable bonds is 3. The molecular weight excluding hydrogens is 236 g/mol. The van der Waals surface area contributed by atoms with Crippen LogP contribution < -0.4 is 11.1 Å². The third kappa shape index (κ3) is 2.47. The van der Waals surface area contributed by atoms with Gasteiger partial charge < -0.3 is 11.1 Å². The molecule has 0 aliphatic carbocycles. The van der Waals surface area contributed by atoms with E-state index >= 15 is 0 Å². The first kappa shape index (κ1) is 11.7. The van der Waals surface area contributed by atoms with E-state index in [-0.39, 0.29) is 17.6 Å². The monoisotopic (exact) mass is 250 g/mol. The van der Waals surface area contributed by atoms with Crippen LogP contribution in [0.15, 0.2) is 23.7 Å². The fourth-order valence-corrected chi connectivity index (χ4v) is 2.29. The zero-order chi connectivity index (χ0) is 12.4. The minimum atomic E-state index is -0.246. The highest BCUT2D eigenvalue weighted by Gasteiger charge is 2.17. The largest absolute Gasteiger partial charge is 0.396 e. The van der Waals surface area contributed by atoms with Crippen LogP contribution in [0.3, 0.4) is 0 Å². The zero-order valence-corrected chi connectivity index (χ0v) is 10.5. The smallest absolute Gasteiger partial charge is 0.274 e. The molecule has 0 radical (unpaired) electrons. The summed E-state index contributed by atoms with van der Waals surface area (Å²) >= 11 is 1.61. The Bertz CT molecular complexity index is 518. The maximum Gasteiger partial charge on any atom is 0.274 e. The number of hydrogen-bond acceptors (Lipinski definition) is 4. The summed E-state index contributed by atoms with van der Waals surface area (Å²) in [6.07, 6.45) is 1.62. The van der Waals surface area contributed by atoms with E-state index < -0.39 is 0 Å². The van der Waals surface area contributed by atoms with Gasteiger partial charge in [0.15, 0.2) is 5.69 Å². The molecule has 1 unspecified atom stereocenters. The number of carbonyl (C=O) groups is 1. The van der Waals surface area contributed by atoms with Crippen molar-refractivity contribution in [1.29, 1.82) is 0 Å². The molecule has 0 bridgehead atoms. The first-order valence-electron chi connectivity index (χ1n) is 5.21. The average molecular weight is 250 g/mol. The Labute approximate surface area is 103 Å². The molecule has 0 aliphatic rings. The number of amides is 1. The zero-order valence-electron chi connectivity index (χ0n) is 9.68. The third-order valence-corrected chi connectivity index (χ3v) is 3.44. The number of thiophene rings is 1. The number of aromatic nitrogens is 2. The van der Waals surface area contributed by atoms with E-state index in [0.29, 0.717) is 5.69 Å². The Morgan fingerprint density at radius 2 is 2.41 bits per heavy atom. The minimum absolute atomic E-state index is 0.0380. The highest BCUT2D eigenvalue weighted by molar-refractivity contribution is 7.10. The molecule has 1 amide bonds. The van der Waals surface area contributed by atoms with Crippen LogP contribution in [0.1, 0.15) is 28.3 Å². The lowest BCUT2D eigenvalue weighted by molar-refractivity contribution is 0.0935. The van der Waals surface area contributed by atoms with E-state index in [1.807, 2.05) is 24.4 Å². The Morgan fingerprint density at radius 1 is 1.65 bits per heavy atom. The Hall–Kier alpha value is -1.82. The number of nitrogens with two attached hydrogens (primary N) is 1. The molecule has 2 rings (SSSR count). The molecule has 0 aromatic carbocycles. The van der Waals surface area contributed by atoms with Crippen LogP contribution in [0.25, 0.3) is 0 Å². The van der Waals surface area contributed by atoms with Crippen molar-refractivity contribution in [3.8, 4) is 0 Å². The van der Waals surface area contributed by atoms with Gasteiger partial charge >= 0.3 is 0 Å². The van der Waals surface area contributed by atoms with Gasteiger partial charge in [0.2, 0.25) is 0 Å². The molecule has 0 spiro atoms. The predicted octanol–water partition coefficient (Wildman–Crippen LogP) is 1.55. The molecular formula is C11H14N4OS. The average Bonchev–Trinajstić information content (AvgIpc) is 2.87. The summed E-state index contributed by atoms with van der Waals surface area (Å²) in [5, 5.41) is 8.88. The van der Waals surface area contributed by atoms with E-state index in [2.05, 4.69) is 10.4 Å². The van der Waals surface area contributed by atoms with Gasteiger partial charge in [0, 0.05) is 18.1 Å². The first-order chi connectivity index (χ1) is 8.08. The van der Waals surface area contributed by atoms with Gasteiger partial charge in [-0.15, -0.1) is 11.3 Å². The fraction of sp³-hybridized carbons (Fsp3) is 0.273. The standard InChI is InChI=1S/C11H14N4OS/c1-7(9-4-3-5-17-9)13-11(16)10-8(12)6-15(2)14-10/h3-7H,12H2,1-2H3,(H,13,16). The third-order valence-electron chi connectivity index (χ3n) is 2.39. The second kappa shape index (κ2) is 4.58. The van der Waals surface area contributed by atoms with Gasteiger partial charge in [-0.2, -0.15) is 5.10 Å². The molecule has 0 fully saturated rings. The predicted molar refractivity (Wildman–Crippen MR) is 67.8 cm³/mol. The van der Waals surface area contributed by atoms with Crippen molar-refractivity contribution < 1.29 is 4.79 Å². The molecule has 2 aromatic rings. The number of hydrogen-bond donors (Lipinski definition) is 2. The van der Waals surface area contributed by atoms with Crippen molar-refractivity contribution in [2.24, 2.45) is 7.05 Å². The van der Waals surface area contributed by atoms with Crippen LogP contribution in [-0.2, 0) is 7.05 Å². The van der Waals surface area contributed by atoms with E-state index in [4.69, 9.17) is 5.73 Å². The first-order valence-corrected chi connectivity index (χ1v) is 6.09. The van der Waals surface area contributed by atoms with Gasteiger partial charge in [0.1, 0.15) is 0 Å². The lowest BCUT2D eigenvalue weighted by Gasteiger charge is -2.10. The Balaban J connectivity index is 2.09. The van der Waals surface area contributed by atoms with Gasteiger partial charge in [0.05, 0.1) is 11.7 Å². The minimum Gasteiger partial charge on any atom is -0.396 e. The molecule has 2 heterocycles. The maximum atomic E-state index is 11.9.